The SMILES string of the molecule is CC1CN(CC(O)COCc2ccccc2F)CC(C)O1. The summed E-state index contributed by atoms with van der Waals surface area (Å²) in [6, 6.07) is 6.52. The highest BCUT2D eigenvalue weighted by Gasteiger charge is 2.23. The van der Waals surface area contributed by atoms with Gasteiger partial charge in [-0.3, -0.25) is 4.90 Å². The molecule has 1 N–H and O–H groups in total. The van der Waals surface area contributed by atoms with Gasteiger partial charge in [0.25, 0.3) is 0 Å². The van der Waals surface area contributed by atoms with E-state index < -0.39 is 6.10 Å². The molecule has 0 amide bonds. The number of ether oxygens (including phenoxy) is 2. The highest BCUT2D eigenvalue weighted by Crippen LogP contribution is 2.11. The molecule has 0 radical (unpaired) electrons. The van der Waals surface area contributed by atoms with Crippen LogP contribution in [0.1, 0.15) is 19.4 Å². The summed E-state index contributed by atoms with van der Waals surface area (Å²) in [5.74, 6) is -0.275. The smallest absolute Gasteiger partial charge is 0.128 e. The maximum Gasteiger partial charge on any atom is 0.128 e. The lowest BCUT2D eigenvalue weighted by molar-refractivity contribution is -0.0826. The molecular formula is C16H24FNO3. The number of aliphatic hydroxyl groups is 1. The van der Waals surface area contributed by atoms with Crippen LogP contribution in [0, 0.1) is 5.82 Å². The van der Waals surface area contributed by atoms with E-state index in [1.165, 1.54) is 6.07 Å². The predicted octanol–water partition coefficient (Wildman–Crippen LogP) is 1.81. The van der Waals surface area contributed by atoms with E-state index in [0.717, 1.165) is 13.1 Å². The zero-order chi connectivity index (χ0) is 15.2. The monoisotopic (exact) mass is 297 g/mol. The van der Waals surface area contributed by atoms with E-state index in [4.69, 9.17) is 9.47 Å². The Morgan fingerprint density at radius 3 is 2.67 bits per heavy atom. The van der Waals surface area contributed by atoms with Crippen molar-refractivity contribution in [3.8, 4) is 0 Å². The molecule has 5 heteroatoms. The number of aliphatic hydroxyl groups excluding tert-OH is 1. The Bertz CT molecular complexity index is 433. The fourth-order valence-corrected chi connectivity index (χ4v) is 2.70. The molecule has 0 saturated carbocycles. The zero-order valence-corrected chi connectivity index (χ0v) is 12.7. The van der Waals surface area contributed by atoms with Crippen molar-refractivity contribution in [2.75, 3.05) is 26.2 Å². The molecule has 1 aromatic rings. The van der Waals surface area contributed by atoms with Crippen molar-refractivity contribution in [2.45, 2.75) is 38.8 Å². The largest absolute Gasteiger partial charge is 0.389 e. The second kappa shape index (κ2) is 7.84. The van der Waals surface area contributed by atoms with E-state index in [9.17, 15) is 9.50 Å². The van der Waals surface area contributed by atoms with E-state index in [0.29, 0.717) is 12.1 Å². The quantitative estimate of drug-likeness (QED) is 0.869. The molecule has 3 atom stereocenters. The van der Waals surface area contributed by atoms with Crippen LogP contribution in [-0.4, -0.2) is 54.6 Å². The predicted molar refractivity (Wildman–Crippen MR) is 78.5 cm³/mol. The van der Waals surface area contributed by atoms with Crippen molar-refractivity contribution in [2.24, 2.45) is 0 Å². The van der Waals surface area contributed by atoms with Gasteiger partial charge in [-0.25, -0.2) is 4.39 Å². The zero-order valence-electron chi connectivity index (χ0n) is 12.7. The molecule has 2 rings (SSSR count). The van der Waals surface area contributed by atoms with E-state index in [-0.39, 0.29) is 31.2 Å². The van der Waals surface area contributed by atoms with Gasteiger partial charge in [0.1, 0.15) is 5.82 Å². The van der Waals surface area contributed by atoms with Crippen LogP contribution in [-0.2, 0) is 16.1 Å². The Morgan fingerprint density at radius 1 is 1.33 bits per heavy atom. The number of rotatable bonds is 6. The van der Waals surface area contributed by atoms with Gasteiger partial charge in [0, 0.05) is 25.2 Å². The number of halogens is 1. The topological polar surface area (TPSA) is 41.9 Å². The van der Waals surface area contributed by atoms with Gasteiger partial charge in [-0.2, -0.15) is 0 Å². The summed E-state index contributed by atoms with van der Waals surface area (Å²) in [6.07, 6.45) is -0.213. The summed E-state index contributed by atoms with van der Waals surface area (Å²) >= 11 is 0. The van der Waals surface area contributed by atoms with Crippen molar-refractivity contribution in [3.63, 3.8) is 0 Å². The minimum atomic E-state index is -0.575. The third-order valence-corrected chi connectivity index (χ3v) is 3.49. The molecule has 4 nitrogen and oxygen atoms in total. The van der Waals surface area contributed by atoms with Gasteiger partial charge in [0.15, 0.2) is 0 Å². The lowest BCUT2D eigenvalue weighted by Crippen LogP contribution is -2.48. The Balaban J connectivity index is 1.70. The van der Waals surface area contributed by atoms with Crippen molar-refractivity contribution in [3.05, 3.63) is 35.6 Å². The van der Waals surface area contributed by atoms with Crippen LogP contribution in [0.25, 0.3) is 0 Å². The standard InChI is InChI=1S/C16H24FNO3/c1-12-7-18(8-13(2)21-12)9-15(19)11-20-10-14-5-3-4-6-16(14)17/h3-6,12-13,15,19H,7-11H2,1-2H3. The van der Waals surface area contributed by atoms with E-state index in [1.54, 1.807) is 18.2 Å². The Hall–Kier alpha value is -1.01. The van der Waals surface area contributed by atoms with Crippen molar-refractivity contribution >= 4 is 0 Å². The summed E-state index contributed by atoms with van der Waals surface area (Å²) in [4.78, 5) is 2.18. The van der Waals surface area contributed by atoms with Gasteiger partial charge in [-0.15, -0.1) is 0 Å². The van der Waals surface area contributed by atoms with Gasteiger partial charge in [0.2, 0.25) is 0 Å². The number of hydrogen-bond acceptors (Lipinski definition) is 4. The maximum absolute atomic E-state index is 13.4. The number of benzene rings is 1. The van der Waals surface area contributed by atoms with E-state index in [1.807, 2.05) is 13.8 Å². The average molecular weight is 297 g/mol. The van der Waals surface area contributed by atoms with Gasteiger partial charge in [0.05, 0.1) is 31.5 Å². The lowest BCUT2D eigenvalue weighted by atomic mass is 10.2. The van der Waals surface area contributed by atoms with Crippen molar-refractivity contribution in [1.29, 1.82) is 0 Å². The molecule has 0 bridgehead atoms. The molecule has 21 heavy (non-hydrogen) atoms. The number of β-amino-alcohol motifs (C(OH)–C–C–N with tert-alkyl or cyclic N) is 1. The average Bonchev–Trinajstić information content (AvgIpc) is 2.39. The molecule has 3 unspecified atom stereocenters. The summed E-state index contributed by atoms with van der Waals surface area (Å²) in [5.41, 5.74) is 0.512. The van der Waals surface area contributed by atoms with E-state index in [2.05, 4.69) is 4.90 Å². The normalized spacial score (nSPS) is 25.0. The summed E-state index contributed by atoms with van der Waals surface area (Å²) < 4.78 is 24.5. The molecule has 1 fully saturated rings. The molecule has 1 saturated heterocycles. The van der Waals surface area contributed by atoms with Gasteiger partial charge < -0.3 is 14.6 Å². The van der Waals surface area contributed by atoms with E-state index >= 15 is 0 Å². The minimum absolute atomic E-state index is 0.180. The first kappa shape index (κ1) is 16.4. The molecule has 0 aliphatic carbocycles. The van der Waals surface area contributed by atoms with Crippen LogP contribution >= 0.6 is 0 Å². The first-order chi connectivity index (χ1) is 10.0. The first-order valence-corrected chi connectivity index (χ1v) is 7.41. The van der Waals surface area contributed by atoms with Crippen LogP contribution in [0.3, 0.4) is 0 Å². The van der Waals surface area contributed by atoms with Gasteiger partial charge >= 0.3 is 0 Å². The molecular weight excluding hydrogens is 273 g/mol. The lowest BCUT2D eigenvalue weighted by Gasteiger charge is -2.36. The number of morpholine rings is 1. The molecule has 118 valence electrons. The molecule has 1 aromatic carbocycles. The molecule has 0 aromatic heterocycles. The van der Waals surface area contributed by atoms with Crippen molar-refractivity contribution in [1.82, 2.24) is 4.90 Å². The number of nitrogens with zero attached hydrogens (tertiary/aromatic N) is 1. The number of hydrogen-bond donors (Lipinski definition) is 1. The Kier molecular flexibility index (Phi) is 6.11. The minimum Gasteiger partial charge on any atom is -0.389 e. The molecule has 0 spiro atoms. The Morgan fingerprint density at radius 2 is 2.00 bits per heavy atom. The molecule has 1 aliphatic heterocycles. The van der Waals surface area contributed by atoms with Gasteiger partial charge in [-0.05, 0) is 19.9 Å². The summed E-state index contributed by atoms with van der Waals surface area (Å²) in [7, 11) is 0. The van der Waals surface area contributed by atoms with Crippen LogP contribution in [0.5, 0.6) is 0 Å². The van der Waals surface area contributed by atoms with Crippen LogP contribution in [0.2, 0.25) is 0 Å². The third kappa shape index (κ3) is 5.36. The van der Waals surface area contributed by atoms with Crippen molar-refractivity contribution < 1.29 is 19.0 Å². The summed E-state index contributed by atoms with van der Waals surface area (Å²) in [5, 5.41) is 10.0. The van der Waals surface area contributed by atoms with Crippen LogP contribution < -0.4 is 0 Å². The van der Waals surface area contributed by atoms with Crippen LogP contribution in [0.4, 0.5) is 4.39 Å². The second-order valence-electron chi connectivity index (χ2n) is 5.74. The fourth-order valence-electron chi connectivity index (χ4n) is 2.70. The fraction of sp³-hybridized carbons (Fsp3) is 0.625. The maximum atomic E-state index is 13.4. The highest BCUT2D eigenvalue weighted by atomic mass is 19.1. The van der Waals surface area contributed by atoms with Crippen LogP contribution in [0.15, 0.2) is 24.3 Å². The highest BCUT2D eigenvalue weighted by molar-refractivity contribution is 5.16. The first-order valence-electron chi connectivity index (χ1n) is 7.41. The second-order valence-corrected chi connectivity index (χ2v) is 5.74. The van der Waals surface area contributed by atoms with Gasteiger partial charge in [-0.1, -0.05) is 18.2 Å². The summed E-state index contributed by atoms with van der Waals surface area (Å²) in [6.45, 7) is 6.63. The third-order valence-electron chi connectivity index (χ3n) is 3.49. The molecule has 1 heterocycles. The molecule has 1 aliphatic rings. The Labute approximate surface area is 125 Å².